The first-order valence-electron chi connectivity index (χ1n) is 6.05. The lowest BCUT2D eigenvalue weighted by atomic mass is 9.74. The molecule has 2 rings (SSSR count). The van der Waals surface area contributed by atoms with E-state index < -0.39 is 17.2 Å². The van der Waals surface area contributed by atoms with Crippen molar-refractivity contribution in [1.29, 1.82) is 0 Å². The molecular formula is C12H15N3O4. The number of hydrogen-bond acceptors (Lipinski definition) is 4. The highest BCUT2D eigenvalue weighted by atomic mass is 16.4. The van der Waals surface area contributed by atoms with Crippen molar-refractivity contribution in [3.63, 3.8) is 0 Å². The van der Waals surface area contributed by atoms with Crippen LogP contribution in [0.1, 0.15) is 25.7 Å². The molecule has 0 atom stereocenters. The third-order valence-corrected chi connectivity index (χ3v) is 3.30. The number of amides is 1. The lowest BCUT2D eigenvalue weighted by Gasteiger charge is -2.41. The van der Waals surface area contributed by atoms with E-state index in [0.717, 1.165) is 6.42 Å². The molecule has 0 aliphatic heterocycles. The molecule has 0 radical (unpaired) electrons. The summed E-state index contributed by atoms with van der Waals surface area (Å²) < 4.78 is 1.18. The van der Waals surface area contributed by atoms with Crippen molar-refractivity contribution in [2.75, 3.05) is 0 Å². The molecule has 0 saturated heterocycles. The molecule has 1 amide bonds. The Balaban J connectivity index is 1.99. The Kier molecular flexibility index (Phi) is 3.64. The lowest BCUT2D eigenvalue weighted by molar-refractivity contribution is -0.140. The van der Waals surface area contributed by atoms with Gasteiger partial charge in [0.2, 0.25) is 5.91 Å². The number of aromatic nitrogens is 2. The molecule has 1 aromatic heterocycles. The molecule has 19 heavy (non-hydrogen) atoms. The number of aliphatic carboxylic acids is 1. The number of nitrogens with one attached hydrogen (secondary N) is 1. The molecule has 7 heteroatoms. The van der Waals surface area contributed by atoms with E-state index in [9.17, 15) is 14.4 Å². The smallest absolute Gasteiger partial charge is 0.347 e. The minimum atomic E-state index is -0.932. The minimum absolute atomic E-state index is 0.0827. The van der Waals surface area contributed by atoms with E-state index in [2.05, 4.69) is 10.3 Å². The average molecular weight is 265 g/mol. The zero-order valence-electron chi connectivity index (χ0n) is 10.3. The Bertz CT molecular complexity index is 548. The van der Waals surface area contributed by atoms with Crippen LogP contribution in [0.25, 0.3) is 0 Å². The van der Waals surface area contributed by atoms with Gasteiger partial charge < -0.3 is 10.4 Å². The van der Waals surface area contributed by atoms with Gasteiger partial charge in [0.15, 0.2) is 0 Å². The summed E-state index contributed by atoms with van der Waals surface area (Å²) in [4.78, 5) is 37.6. The Hall–Kier alpha value is -2.18. The second kappa shape index (κ2) is 5.21. The first-order valence-corrected chi connectivity index (χ1v) is 6.05. The fraction of sp³-hybridized carbons (Fsp3) is 0.500. The summed E-state index contributed by atoms with van der Waals surface area (Å²) in [5, 5.41) is 11.6. The van der Waals surface area contributed by atoms with Gasteiger partial charge in [-0.1, -0.05) is 0 Å². The Morgan fingerprint density at radius 3 is 2.74 bits per heavy atom. The van der Waals surface area contributed by atoms with Gasteiger partial charge in [0.05, 0.1) is 12.0 Å². The van der Waals surface area contributed by atoms with Crippen molar-refractivity contribution in [1.82, 2.24) is 14.9 Å². The molecular weight excluding hydrogens is 250 g/mol. The average Bonchev–Trinajstić information content (AvgIpc) is 2.28. The van der Waals surface area contributed by atoms with Crippen LogP contribution in [0.2, 0.25) is 0 Å². The maximum Gasteiger partial charge on any atom is 0.347 e. The Labute approximate surface area is 109 Å². The predicted octanol–water partition coefficient (Wildman–Crippen LogP) is -0.243. The van der Waals surface area contributed by atoms with Crippen molar-refractivity contribution in [3.8, 4) is 0 Å². The van der Waals surface area contributed by atoms with Crippen LogP contribution >= 0.6 is 0 Å². The van der Waals surface area contributed by atoms with Crippen LogP contribution in [0.15, 0.2) is 23.3 Å². The van der Waals surface area contributed by atoms with Crippen LogP contribution in [-0.2, 0) is 16.1 Å². The molecule has 1 saturated carbocycles. The largest absolute Gasteiger partial charge is 0.481 e. The first-order chi connectivity index (χ1) is 9.01. The van der Waals surface area contributed by atoms with E-state index in [-0.39, 0.29) is 18.9 Å². The molecule has 0 spiro atoms. The fourth-order valence-electron chi connectivity index (χ4n) is 2.24. The lowest BCUT2D eigenvalue weighted by Crippen LogP contribution is -2.55. The number of carbonyl (C=O) groups is 2. The van der Waals surface area contributed by atoms with Gasteiger partial charge in [0.1, 0.15) is 6.54 Å². The topological polar surface area (TPSA) is 101 Å². The second-order valence-corrected chi connectivity index (χ2v) is 4.78. The molecule has 1 aliphatic rings. The summed E-state index contributed by atoms with van der Waals surface area (Å²) in [5.74, 6) is -1.30. The van der Waals surface area contributed by atoms with Crippen LogP contribution in [0.3, 0.4) is 0 Å². The van der Waals surface area contributed by atoms with Crippen molar-refractivity contribution in [3.05, 3.63) is 28.9 Å². The van der Waals surface area contributed by atoms with Crippen molar-refractivity contribution < 1.29 is 14.7 Å². The summed E-state index contributed by atoms with van der Waals surface area (Å²) in [7, 11) is 0. The van der Waals surface area contributed by atoms with Gasteiger partial charge in [-0.2, -0.15) is 0 Å². The monoisotopic (exact) mass is 265 g/mol. The minimum Gasteiger partial charge on any atom is -0.481 e. The van der Waals surface area contributed by atoms with Crippen LogP contribution < -0.4 is 11.0 Å². The van der Waals surface area contributed by atoms with Gasteiger partial charge in [-0.3, -0.25) is 14.2 Å². The molecule has 0 bridgehead atoms. The molecule has 1 heterocycles. The molecule has 0 unspecified atom stereocenters. The summed E-state index contributed by atoms with van der Waals surface area (Å²) >= 11 is 0. The summed E-state index contributed by atoms with van der Waals surface area (Å²) in [6, 6.07) is 1.56. The first kappa shape index (κ1) is 13.3. The van der Waals surface area contributed by atoms with Gasteiger partial charge in [0, 0.05) is 12.4 Å². The van der Waals surface area contributed by atoms with Gasteiger partial charge >= 0.3 is 11.7 Å². The third kappa shape index (κ3) is 3.18. The van der Waals surface area contributed by atoms with Crippen LogP contribution in [-0.4, -0.2) is 32.1 Å². The normalized spacial score (nSPS) is 16.4. The number of carbonyl (C=O) groups excluding carboxylic acids is 1. The molecule has 2 N–H and O–H groups in total. The molecule has 102 valence electrons. The van der Waals surface area contributed by atoms with E-state index in [1.54, 1.807) is 6.07 Å². The van der Waals surface area contributed by atoms with Crippen molar-refractivity contribution >= 4 is 11.9 Å². The maximum atomic E-state index is 11.9. The van der Waals surface area contributed by atoms with Crippen LogP contribution in [0.5, 0.6) is 0 Å². The number of carboxylic acids is 1. The van der Waals surface area contributed by atoms with Crippen LogP contribution in [0.4, 0.5) is 0 Å². The standard InChI is InChI=1S/C12H15N3O4/c16-9(8-15-6-2-5-13-11(15)19)14-12(3-1-4-12)7-10(17)18/h2,5-6H,1,3-4,7-8H2,(H,14,16)(H,17,18). The highest BCUT2D eigenvalue weighted by molar-refractivity contribution is 5.78. The van der Waals surface area contributed by atoms with E-state index in [1.165, 1.54) is 17.0 Å². The van der Waals surface area contributed by atoms with Gasteiger partial charge in [-0.05, 0) is 25.3 Å². The second-order valence-electron chi connectivity index (χ2n) is 4.78. The van der Waals surface area contributed by atoms with E-state index >= 15 is 0 Å². The SMILES string of the molecule is O=C(O)CC1(NC(=O)Cn2cccnc2=O)CCC1. The van der Waals surface area contributed by atoms with E-state index in [1.807, 2.05) is 0 Å². The highest BCUT2D eigenvalue weighted by Gasteiger charge is 2.40. The Morgan fingerprint density at radius 1 is 1.47 bits per heavy atom. The molecule has 1 aliphatic carbocycles. The van der Waals surface area contributed by atoms with Gasteiger partial charge in [0.25, 0.3) is 0 Å². The van der Waals surface area contributed by atoms with Crippen molar-refractivity contribution in [2.45, 2.75) is 37.8 Å². The zero-order valence-corrected chi connectivity index (χ0v) is 10.3. The number of nitrogens with zero attached hydrogens (tertiary/aromatic N) is 2. The zero-order chi connectivity index (χ0) is 13.9. The predicted molar refractivity (Wildman–Crippen MR) is 65.5 cm³/mol. The Morgan fingerprint density at radius 2 is 2.21 bits per heavy atom. The maximum absolute atomic E-state index is 11.9. The number of carboxylic acid groups (broad SMARTS) is 1. The molecule has 1 fully saturated rings. The highest BCUT2D eigenvalue weighted by Crippen LogP contribution is 2.34. The summed E-state index contributed by atoms with van der Waals surface area (Å²) in [6.45, 7) is -0.145. The summed E-state index contributed by atoms with van der Waals surface area (Å²) in [5.41, 5.74) is -1.15. The van der Waals surface area contributed by atoms with Crippen LogP contribution in [0, 0.1) is 0 Å². The molecule has 1 aromatic rings. The number of hydrogen-bond donors (Lipinski definition) is 2. The fourth-order valence-corrected chi connectivity index (χ4v) is 2.24. The molecule has 0 aromatic carbocycles. The van der Waals surface area contributed by atoms with Crippen molar-refractivity contribution in [2.24, 2.45) is 0 Å². The number of rotatable bonds is 5. The quantitative estimate of drug-likeness (QED) is 0.765. The molecule has 7 nitrogen and oxygen atoms in total. The van der Waals surface area contributed by atoms with Gasteiger partial charge in [-0.15, -0.1) is 0 Å². The van der Waals surface area contributed by atoms with Gasteiger partial charge in [-0.25, -0.2) is 9.78 Å². The summed E-state index contributed by atoms with van der Waals surface area (Å²) in [6.07, 6.45) is 4.97. The van der Waals surface area contributed by atoms with E-state index in [4.69, 9.17) is 5.11 Å². The third-order valence-electron chi connectivity index (χ3n) is 3.30. The van der Waals surface area contributed by atoms with E-state index in [0.29, 0.717) is 12.8 Å².